The van der Waals surface area contributed by atoms with E-state index in [9.17, 15) is 18.3 Å². The topological polar surface area (TPSA) is 41.5 Å². The van der Waals surface area contributed by atoms with E-state index in [4.69, 9.17) is 16.3 Å². The van der Waals surface area contributed by atoms with Crippen LogP contribution in [0.2, 0.25) is 5.02 Å². The maximum absolute atomic E-state index is 12.8. The van der Waals surface area contributed by atoms with E-state index in [0.717, 1.165) is 49.7 Å². The minimum Gasteiger partial charge on any atom is -0.457 e. The zero-order valence-electron chi connectivity index (χ0n) is 17.6. The van der Waals surface area contributed by atoms with E-state index in [-0.39, 0.29) is 12.0 Å². The van der Waals surface area contributed by atoms with E-state index in [1.54, 1.807) is 12.1 Å². The van der Waals surface area contributed by atoms with E-state index in [0.29, 0.717) is 16.5 Å². The first-order valence-electron chi connectivity index (χ1n) is 10.8. The van der Waals surface area contributed by atoms with Gasteiger partial charge in [-0.1, -0.05) is 49.9 Å². The van der Waals surface area contributed by atoms with Crippen molar-refractivity contribution >= 4 is 11.6 Å². The lowest BCUT2D eigenvalue weighted by Crippen LogP contribution is -2.41. The Kier molecular flexibility index (Phi) is 8.25. The van der Waals surface area contributed by atoms with Crippen molar-refractivity contribution in [3.63, 3.8) is 0 Å². The first-order chi connectivity index (χ1) is 14.8. The fourth-order valence-electron chi connectivity index (χ4n) is 4.17. The molecule has 0 saturated heterocycles. The molecule has 0 aliphatic heterocycles. The average molecular weight is 456 g/mol. The van der Waals surface area contributed by atoms with Gasteiger partial charge >= 0.3 is 6.18 Å². The third-order valence-electron chi connectivity index (χ3n) is 5.88. The van der Waals surface area contributed by atoms with Crippen LogP contribution in [0.25, 0.3) is 0 Å². The summed E-state index contributed by atoms with van der Waals surface area (Å²) in [6.07, 6.45) is -1.08. The molecule has 0 bridgehead atoms. The lowest BCUT2D eigenvalue weighted by atomic mass is 9.81. The number of nitrogens with one attached hydrogen (secondary N) is 1. The highest BCUT2D eigenvalue weighted by Crippen LogP contribution is 2.36. The molecule has 170 valence electrons. The number of halogens is 4. The second kappa shape index (κ2) is 10.7. The summed E-state index contributed by atoms with van der Waals surface area (Å²) in [6.45, 7) is 1.48. The Morgan fingerprint density at radius 2 is 1.81 bits per heavy atom. The molecular weight excluding hydrogens is 427 g/mol. The fourth-order valence-corrected chi connectivity index (χ4v) is 4.42. The first-order valence-corrected chi connectivity index (χ1v) is 11.2. The van der Waals surface area contributed by atoms with Gasteiger partial charge in [0.15, 0.2) is 6.10 Å². The molecule has 0 heterocycles. The summed E-state index contributed by atoms with van der Waals surface area (Å²) >= 11 is 6.18. The Labute approximate surface area is 186 Å². The van der Waals surface area contributed by atoms with Gasteiger partial charge in [-0.2, -0.15) is 13.2 Å². The van der Waals surface area contributed by atoms with Crippen molar-refractivity contribution < 1.29 is 23.0 Å². The van der Waals surface area contributed by atoms with Crippen molar-refractivity contribution in [3.05, 3.63) is 58.6 Å². The van der Waals surface area contributed by atoms with Crippen LogP contribution in [0.15, 0.2) is 42.5 Å². The van der Waals surface area contributed by atoms with Gasteiger partial charge in [-0.25, -0.2) is 0 Å². The first kappa shape index (κ1) is 23.9. The van der Waals surface area contributed by atoms with Crippen molar-refractivity contribution in [1.29, 1.82) is 0 Å². The third-order valence-corrected chi connectivity index (χ3v) is 6.25. The van der Waals surface area contributed by atoms with Crippen molar-refractivity contribution in [3.8, 4) is 11.5 Å². The van der Waals surface area contributed by atoms with E-state index < -0.39 is 18.8 Å². The van der Waals surface area contributed by atoms with Crippen molar-refractivity contribution in [2.45, 2.75) is 63.8 Å². The van der Waals surface area contributed by atoms with Crippen LogP contribution < -0.4 is 10.1 Å². The summed E-state index contributed by atoms with van der Waals surface area (Å²) < 4.78 is 44.5. The molecule has 1 aliphatic carbocycles. The molecule has 2 unspecified atom stereocenters. The summed E-state index contributed by atoms with van der Waals surface area (Å²) in [5, 5.41) is 13.2. The van der Waals surface area contributed by atoms with E-state index in [1.807, 2.05) is 37.3 Å². The lowest BCUT2D eigenvalue weighted by Gasteiger charge is -2.32. The molecule has 2 N–H and O–H groups in total. The number of alkyl halides is 3. The Balaban J connectivity index is 1.80. The second-order valence-electron chi connectivity index (χ2n) is 8.12. The van der Waals surface area contributed by atoms with Gasteiger partial charge in [0.25, 0.3) is 0 Å². The van der Waals surface area contributed by atoms with Crippen LogP contribution in [-0.4, -0.2) is 23.9 Å². The quantitative estimate of drug-likeness (QED) is 0.458. The van der Waals surface area contributed by atoms with Gasteiger partial charge in [0.2, 0.25) is 0 Å². The van der Waals surface area contributed by atoms with Gasteiger partial charge in [0.05, 0.1) is 0 Å². The molecule has 31 heavy (non-hydrogen) atoms. The number of hydrogen-bond acceptors (Lipinski definition) is 3. The Morgan fingerprint density at radius 1 is 1.10 bits per heavy atom. The number of aliphatic hydroxyl groups is 1. The molecule has 2 atom stereocenters. The molecule has 1 saturated carbocycles. The molecule has 0 radical (unpaired) electrons. The van der Waals surface area contributed by atoms with E-state index in [1.165, 1.54) is 0 Å². The zero-order valence-corrected chi connectivity index (χ0v) is 18.3. The Morgan fingerprint density at radius 3 is 2.48 bits per heavy atom. The third kappa shape index (κ3) is 6.61. The average Bonchev–Trinajstić information content (AvgIpc) is 2.75. The maximum Gasteiger partial charge on any atom is 0.415 e. The highest BCUT2D eigenvalue weighted by molar-refractivity contribution is 6.31. The molecule has 2 aromatic rings. The van der Waals surface area contributed by atoms with Gasteiger partial charge in [-0.3, -0.25) is 0 Å². The van der Waals surface area contributed by atoms with Crippen LogP contribution in [0, 0.1) is 5.92 Å². The smallest absolute Gasteiger partial charge is 0.415 e. The van der Waals surface area contributed by atoms with Crippen molar-refractivity contribution in [1.82, 2.24) is 5.32 Å². The number of aryl methyl sites for hydroxylation is 1. The SMILES string of the molecule is CCc1cc(Oc2cccc(C(NCC(O)C(F)(F)F)C3CCCCC3)c2)ccc1Cl. The molecule has 0 amide bonds. The predicted octanol–water partition coefficient (Wildman–Crippen LogP) is 6.83. The molecule has 1 fully saturated rings. The van der Waals surface area contributed by atoms with Gasteiger partial charge in [-0.15, -0.1) is 0 Å². The second-order valence-corrected chi connectivity index (χ2v) is 8.53. The molecule has 1 aliphatic rings. The Bertz CT molecular complexity index is 853. The summed E-state index contributed by atoms with van der Waals surface area (Å²) in [5.74, 6) is 1.49. The highest BCUT2D eigenvalue weighted by atomic mass is 35.5. The molecule has 0 aromatic heterocycles. The number of rotatable bonds is 8. The number of benzene rings is 2. The standard InChI is InChI=1S/C24H29ClF3NO2/c1-2-16-13-20(11-12-21(16)25)31-19-10-6-9-18(14-19)23(17-7-4-3-5-8-17)29-15-22(30)24(26,27)28/h6,9-14,17,22-23,29-30H,2-5,7-8,15H2,1H3. The normalized spacial score (nSPS) is 17.4. The number of aliphatic hydroxyl groups excluding tert-OH is 1. The Hall–Kier alpha value is -1.76. The highest BCUT2D eigenvalue weighted by Gasteiger charge is 2.38. The largest absolute Gasteiger partial charge is 0.457 e. The van der Waals surface area contributed by atoms with Crippen LogP contribution in [0.4, 0.5) is 13.2 Å². The van der Waals surface area contributed by atoms with Gasteiger partial charge < -0.3 is 15.2 Å². The van der Waals surface area contributed by atoms with Crippen LogP contribution in [-0.2, 0) is 6.42 Å². The lowest BCUT2D eigenvalue weighted by molar-refractivity contribution is -0.202. The summed E-state index contributed by atoms with van der Waals surface area (Å²) in [6, 6.07) is 12.6. The van der Waals surface area contributed by atoms with Crippen LogP contribution in [0.5, 0.6) is 11.5 Å². The van der Waals surface area contributed by atoms with Crippen LogP contribution in [0.3, 0.4) is 0 Å². The molecule has 7 heteroatoms. The molecule has 3 rings (SSSR count). The molecule has 0 spiro atoms. The minimum atomic E-state index is -4.64. The molecular formula is C24H29ClF3NO2. The van der Waals surface area contributed by atoms with Gasteiger partial charge in [0.1, 0.15) is 11.5 Å². The van der Waals surface area contributed by atoms with Gasteiger partial charge in [-0.05, 0) is 66.6 Å². The fraction of sp³-hybridized carbons (Fsp3) is 0.500. The zero-order chi connectivity index (χ0) is 22.4. The minimum absolute atomic E-state index is 0.214. The molecule has 3 nitrogen and oxygen atoms in total. The number of hydrogen-bond donors (Lipinski definition) is 2. The molecule has 2 aromatic carbocycles. The van der Waals surface area contributed by atoms with E-state index in [2.05, 4.69) is 5.32 Å². The van der Waals surface area contributed by atoms with Crippen molar-refractivity contribution in [2.75, 3.05) is 6.54 Å². The van der Waals surface area contributed by atoms with E-state index >= 15 is 0 Å². The number of ether oxygens (including phenoxy) is 1. The van der Waals surface area contributed by atoms with Crippen LogP contribution in [0.1, 0.15) is 56.2 Å². The van der Waals surface area contributed by atoms with Crippen LogP contribution >= 0.6 is 11.6 Å². The predicted molar refractivity (Wildman–Crippen MR) is 117 cm³/mol. The van der Waals surface area contributed by atoms with Gasteiger partial charge in [0, 0.05) is 17.6 Å². The summed E-state index contributed by atoms with van der Waals surface area (Å²) in [5.41, 5.74) is 1.85. The van der Waals surface area contributed by atoms with Crippen molar-refractivity contribution in [2.24, 2.45) is 5.92 Å². The summed E-state index contributed by atoms with van der Waals surface area (Å²) in [7, 11) is 0. The summed E-state index contributed by atoms with van der Waals surface area (Å²) in [4.78, 5) is 0. The monoisotopic (exact) mass is 455 g/mol. The maximum atomic E-state index is 12.8.